The Balaban J connectivity index is 2.23. The van der Waals surface area contributed by atoms with Crippen molar-refractivity contribution in [3.05, 3.63) is 34.7 Å². The molecule has 0 aliphatic heterocycles. The summed E-state index contributed by atoms with van der Waals surface area (Å²) in [4.78, 5) is 23.6. The van der Waals surface area contributed by atoms with E-state index in [1.165, 1.54) is 13.2 Å². The minimum atomic E-state index is -0.390. The zero-order valence-electron chi connectivity index (χ0n) is 10.7. The minimum absolute atomic E-state index is 0.109. The summed E-state index contributed by atoms with van der Waals surface area (Å²) < 4.78 is 5.27. The Hall–Kier alpha value is -2.62. The Morgan fingerprint density at radius 3 is 2.30 bits per heavy atom. The maximum Gasteiger partial charge on any atom is 0.230 e. The summed E-state index contributed by atoms with van der Waals surface area (Å²) in [6.07, 6.45) is 0.428. The fourth-order valence-corrected chi connectivity index (χ4v) is 3.08. The van der Waals surface area contributed by atoms with Crippen LogP contribution in [0.2, 0.25) is 0 Å². The topological polar surface area (TPSA) is 63.6 Å². The lowest BCUT2D eigenvalue weighted by Crippen LogP contribution is -2.33. The first-order chi connectivity index (χ1) is 9.60. The Morgan fingerprint density at radius 1 is 1.00 bits per heavy atom. The molecule has 0 aromatic heterocycles. The fourth-order valence-electron chi connectivity index (χ4n) is 3.08. The lowest BCUT2D eigenvalue weighted by molar-refractivity contribution is -0.129. The largest absolute Gasteiger partial charge is 0.508 e. The van der Waals surface area contributed by atoms with Gasteiger partial charge >= 0.3 is 0 Å². The van der Waals surface area contributed by atoms with Crippen LogP contribution in [0.5, 0.6) is 11.5 Å². The molecule has 0 saturated heterocycles. The highest BCUT2D eigenvalue weighted by Gasteiger charge is 2.36. The van der Waals surface area contributed by atoms with Crippen molar-refractivity contribution < 1.29 is 19.4 Å². The van der Waals surface area contributed by atoms with Gasteiger partial charge in [0.1, 0.15) is 11.5 Å². The molecule has 1 N–H and O–H groups in total. The van der Waals surface area contributed by atoms with Gasteiger partial charge in [-0.3, -0.25) is 9.59 Å². The highest BCUT2D eigenvalue weighted by molar-refractivity contribution is 6.68. The second-order valence-corrected chi connectivity index (χ2v) is 5.06. The van der Waals surface area contributed by atoms with Crippen LogP contribution in [0.25, 0.3) is 21.9 Å². The van der Waals surface area contributed by atoms with Crippen LogP contribution in [0, 0.1) is 0 Å². The molecule has 20 heavy (non-hydrogen) atoms. The lowest BCUT2D eigenvalue weighted by atomic mass is 10.0. The summed E-state index contributed by atoms with van der Waals surface area (Å²) in [5, 5.41) is 13.0. The van der Waals surface area contributed by atoms with Crippen LogP contribution in [-0.2, 0) is 9.59 Å². The second kappa shape index (κ2) is 3.48. The molecule has 0 atom stereocenters. The molecule has 4 heteroatoms. The van der Waals surface area contributed by atoms with Gasteiger partial charge in [0.2, 0.25) is 11.6 Å². The zero-order valence-corrected chi connectivity index (χ0v) is 10.7. The monoisotopic (exact) mass is 266 g/mol. The molecule has 0 amide bonds. The highest BCUT2D eigenvalue weighted by Crippen LogP contribution is 2.31. The number of rotatable bonds is 1. The molecule has 1 fully saturated rings. The van der Waals surface area contributed by atoms with Gasteiger partial charge in [0.25, 0.3) is 0 Å². The van der Waals surface area contributed by atoms with E-state index in [0.717, 1.165) is 21.2 Å². The van der Waals surface area contributed by atoms with Crippen molar-refractivity contribution in [2.75, 3.05) is 7.11 Å². The predicted octanol–water partition coefficient (Wildman–Crippen LogP) is 0.411. The number of aromatic hydroxyl groups is 1. The smallest absolute Gasteiger partial charge is 0.230 e. The van der Waals surface area contributed by atoms with Crippen molar-refractivity contribution >= 4 is 33.5 Å². The molecule has 0 unspecified atom stereocenters. The molecule has 98 valence electrons. The van der Waals surface area contributed by atoms with E-state index in [4.69, 9.17) is 4.74 Å². The van der Waals surface area contributed by atoms with E-state index in [0.29, 0.717) is 23.3 Å². The van der Waals surface area contributed by atoms with Crippen LogP contribution >= 0.6 is 0 Å². The molecule has 2 aliphatic rings. The van der Waals surface area contributed by atoms with E-state index in [2.05, 4.69) is 0 Å². The van der Waals surface area contributed by atoms with E-state index in [-0.39, 0.29) is 17.3 Å². The number of benzene rings is 2. The van der Waals surface area contributed by atoms with E-state index in [1.54, 1.807) is 6.07 Å². The van der Waals surface area contributed by atoms with Gasteiger partial charge in [-0.05, 0) is 34.0 Å². The van der Waals surface area contributed by atoms with Gasteiger partial charge in [-0.15, -0.1) is 0 Å². The Kier molecular flexibility index (Phi) is 1.95. The van der Waals surface area contributed by atoms with Gasteiger partial charge < -0.3 is 9.84 Å². The number of Topliss-reactive ketones (excluding diaryl/α,β-unsaturated/α-hetero) is 2. The van der Waals surface area contributed by atoms with Crippen molar-refractivity contribution in [3.8, 4) is 11.5 Å². The number of carbonyl (C=O) groups is 2. The highest BCUT2D eigenvalue weighted by atomic mass is 16.5. The first-order valence-corrected chi connectivity index (χ1v) is 6.26. The Labute approximate surface area is 113 Å². The molecule has 0 heterocycles. The van der Waals surface area contributed by atoms with Crippen molar-refractivity contribution in [3.63, 3.8) is 0 Å². The van der Waals surface area contributed by atoms with Crippen molar-refractivity contribution in [1.29, 1.82) is 0 Å². The molecular weight excluding hydrogens is 256 g/mol. The summed E-state index contributed by atoms with van der Waals surface area (Å²) in [6.45, 7) is 0. The first-order valence-electron chi connectivity index (χ1n) is 6.26. The van der Waals surface area contributed by atoms with Gasteiger partial charge in [-0.25, -0.2) is 0 Å². The van der Waals surface area contributed by atoms with E-state index < -0.39 is 0 Å². The Morgan fingerprint density at radius 2 is 1.65 bits per heavy atom. The number of phenols is 1. The van der Waals surface area contributed by atoms with Crippen molar-refractivity contribution in [2.24, 2.45) is 0 Å². The summed E-state index contributed by atoms with van der Waals surface area (Å²) in [6, 6.07) is 6.88. The van der Waals surface area contributed by atoms with Crippen LogP contribution in [0.4, 0.5) is 0 Å². The third kappa shape index (κ3) is 1.20. The molecule has 4 rings (SSSR count). The maximum absolute atomic E-state index is 11.8. The summed E-state index contributed by atoms with van der Waals surface area (Å²) in [5.74, 6) is -0.115. The average molecular weight is 266 g/mol. The van der Waals surface area contributed by atoms with Crippen LogP contribution in [0.15, 0.2) is 24.3 Å². The van der Waals surface area contributed by atoms with Crippen LogP contribution < -0.4 is 15.2 Å². The second-order valence-electron chi connectivity index (χ2n) is 5.06. The third-order valence-corrected chi connectivity index (χ3v) is 4.02. The maximum atomic E-state index is 11.8. The van der Waals surface area contributed by atoms with Crippen LogP contribution in [0.1, 0.15) is 6.42 Å². The van der Waals surface area contributed by atoms with Crippen LogP contribution in [-0.4, -0.2) is 23.8 Å². The number of ketones is 2. The summed E-state index contributed by atoms with van der Waals surface area (Å²) in [7, 11) is 1.53. The summed E-state index contributed by atoms with van der Waals surface area (Å²) >= 11 is 0. The molecule has 2 aromatic rings. The van der Waals surface area contributed by atoms with E-state index in [1.807, 2.05) is 12.1 Å². The fraction of sp³-hybridized carbons (Fsp3) is 0.125. The SMILES string of the molecule is COc1cc(O)cc2cc3c(cc12)=C1CC=3C(=O)C1=O. The number of phenolic OH excluding ortho intramolecular Hbond substituents is 1. The first kappa shape index (κ1) is 11.2. The van der Waals surface area contributed by atoms with Gasteiger partial charge in [0.15, 0.2) is 0 Å². The van der Waals surface area contributed by atoms with Gasteiger partial charge in [-0.2, -0.15) is 0 Å². The van der Waals surface area contributed by atoms with E-state index >= 15 is 0 Å². The number of ether oxygens (including phenoxy) is 1. The van der Waals surface area contributed by atoms with Gasteiger partial charge in [0, 0.05) is 29.0 Å². The number of fused-ring (bicyclic) bond motifs is 4. The van der Waals surface area contributed by atoms with Gasteiger partial charge in [-0.1, -0.05) is 0 Å². The quantitative estimate of drug-likeness (QED) is 0.759. The number of methoxy groups -OCH3 is 1. The summed E-state index contributed by atoms with van der Waals surface area (Å²) in [5.41, 5.74) is 1.15. The molecule has 4 nitrogen and oxygen atoms in total. The normalized spacial score (nSPS) is 16.2. The zero-order chi connectivity index (χ0) is 14.0. The molecule has 0 spiro atoms. The number of hydrogen-bond acceptors (Lipinski definition) is 4. The lowest BCUT2D eigenvalue weighted by Gasteiger charge is -2.08. The predicted molar refractivity (Wildman–Crippen MR) is 72.9 cm³/mol. The Bertz CT molecular complexity index is 951. The third-order valence-electron chi connectivity index (χ3n) is 4.02. The standard InChI is InChI=1S/C16H10O4/c1-20-14-4-8(17)2-7-3-10-11(5-9(7)14)13-6-12(10)15(18)16(13)19/h2-5,17H,6H2,1H3. The minimum Gasteiger partial charge on any atom is -0.508 e. The molecule has 1 saturated carbocycles. The van der Waals surface area contributed by atoms with Crippen LogP contribution in [0.3, 0.4) is 0 Å². The molecule has 2 bridgehead atoms. The molecular formula is C16H10O4. The van der Waals surface area contributed by atoms with Crippen molar-refractivity contribution in [2.45, 2.75) is 6.42 Å². The molecule has 2 aromatic carbocycles. The molecule has 2 aliphatic carbocycles. The van der Waals surface area contributed by atoms with E-state index in [9.17, 15) is 14.7 Å². The number of hydrogen-bond donors (Lipinski definition) is 1. The number of carbonyl (C=O) groups excluding carboxylic acids is 2. The van der Waals surface area contributed by atoms with Gasteiger partial charge in [0.05, 0.1) is 7.11 Å². The average Bonchev–Trinajstić information content (AvgIpc) is 2.93. The van der Waals surface area contributed by atoms with Crippen molar-refractivity contribution in [1.82, 2.24) is 0 Å². The molecule has 0 radical (unpaired) electrons.